The van der Waals surface area contributed by atoms with Crippen molar-refractivity contribution < 1.29 is 15.0 Å². The third-order valence-electron chi connectivity index (χ3n) is 4.30. The molecule has 1 aliphatic rings. The van der Waals surface area contributed by atoms with Gasteiger partial charge >= 0.3 is 5.97 Å². The molecule has 0 bridgehead atoms. The number of hydrogen-bond acceptors (Lipinski definition) is 3. The molecule has 0 spiro atoms. The van der Waals surface area contributed by atoms with Gasteiger partial charge in [-0.1, -0.05) is 13.8 Å². The van der Waals surface area contributed by atoms with E-state index in [-0.39, 0.29) is 0 Å². The van der Waals surface area contributed by atoms with Crippen LogP contribution in [0.25, 0.3) is 0 Å². The first-order chi connectivity index (χ1) is 7.88. The molecule has 1 saturated heterocycles. The van der Waals surface area contributed by atoms with Gasteiger partial charge in [0.05, 0.1) is 5.60 Å². The summed E-state index contributed by atoms with van der Waals surface area (Å²) in [5, 5.41) is 19.7. The Labute approximate surface area is 104 Å². The number of aliphatic hydroxyl groups is 1. The summed E-state index contributed by atoms with van der Waals surface area (Å²) in [6.45, 7) is 6.91. The third kappa shape index (κ3) is 2.99. The molecule has 1 rings (SSSR count). The molecule has 0 aliphatic carbocycles. The van der Waals surface area contributed by atoms with Crippen LogP contribution in [0.5, 0.6) is 0 Å². The van der Waals surface area contributed by atoms with Crippen LogP contribution in [0.4, 0.5) is 0 Å². The van der Waals surface area contributed by atoms with Crippen LogP contribution in [0, 0.1) is 0 Å². The van der Waals surface area contributed by atoms with Gasteiger partial charge in [0.2, 0.25) is 0 Å². The van der Waals surface area contributed by atoms with E-state index >= 15 is 0 Å². The lowest BCUT2D eigenvalue weighted by Gasteiger charge is -2.45. The van der Waals surface area contributed by atoms with Gasteiger partial charge in [0.1, 0.15) is 5.54 Å². The summed E-state index contributed by atoms with van der Waals surface area (Å²) in [5.74, 6) is -0.772. The lowest BCUT2D eigenvalue weighted by Crippen LogP contribution is -2.59. The van der Waals surface area contributed by atoms with E-state index in [1.54, 1.807) is 6.92 Å². The molecule has 4 heteroatoms. The number of β-amino-alcohol motifs (C(OH)–C–C–N with tert-alkyl or cyclic N) is 1. The molecule has 0 aromatic heterocycles. The van der Waals surface area contributed by atoms with E-state index in [2.05, 4.69) is 0 Å². The fourth-order valence-electron chi connectivity index (χ4n) is 2.50. The fourth-order valence-corrected chi connectivity index (χ4v) is 2.50. The average molecular weight is 243 g/mol. The molecule has 1 unspecified atom stereocenters. The van der Waals surface area contributed by atoms with Crippen molar-refractivity contribution >= 4 is 5.97 Å². The topological polar surface area (TPSA) is 60.8 Å². The second-order valence-electron chi connectivity index (χ2n) is 5.39. The normalized spacial score (nSPS) is 27.1. The van der Waals surface area contributed by atoms with Gasteiger partial charge < -0.3 is 10.2 Å². The lowest BCUT2D eigenvalue weighted by atomic mass is 9.85. The van der Waals surface area contributed by atoms with E-state index < -0.39 is 17.1 Å². The van der Waals surface area contributed by atoms with Crippen molar-refractivity contribution in [3.8, 4) is 0 Å². The van der Waals surface area contributed by atoms with Crippen LogP contribution in [0.15, 0.2) is 0 Å². The molecule has 1 heterocycles. The Morgan fingerprint density at radius 2 is 1.94 bits per heavy atom. The number of piperidine rings is 1. The van der Waals surface area contributed by atoms with Crippen molar-refractivity contribution in [3.05, 3.63) is 0 Å². The van der Waals surface area contributed by atoms with Crippen LogP contribution in [-0.2, 0) is 4.79 Å². The molecule has 100 valence electrons. The molecule has 0 aromatic rings. The maximum atomic E-state index is 11.4. The van der Waals surface area contributed by atoms with Crippen LogP contribution in [0.3, 0.4) is 0 Å². The number of likely N-dealkylation sites (tertiary alicyclic amines) is 1. The zero-order valence-electron chi connectivity index (χ0n) is 11.2. The summed E-state index contributed by atoms with van der Waals surface area (Å²) in [4.78, 5) is 13.4. The average Bonchev–Trinajstić information content (AvgIpc) is 2.32. The van der Waals surface area contributed by atoms with Crippen LogP contribution < -0.4 is 0 Å². The van der Waals surface area contributed by atoms with E-state index in [1.807, 2.05) is 18.7 Å². The Kier molecular flexibility index (Phi) is 4.55. The minimum absolute atomic E-state index is 0.461. The highest BCUT2D eigenvalue weighted by Crippen LogP contribution is 2.31. The van der Waals surface area contributed by atoms with Crippen LogP contribution in [-0.4, -0.2) is 45.3 Å². The lowest BCUT2D eigenvalue weighted by molar-refractivity contribution is -0.156. The molecule has 1 atom stereocenters. The summed E-state index contributed by atoms with van der Waals surface area (Å²) in [7, 11) is 0. The van der Waals surface area contributed by atoms with Gasteiger partial charge in [-0.2, -0.15) is 0 Å². The predicted octanol–water partition coefficient (Wildman–Crippen LogP) is 1.87. The van der Waals surface area contributed by atoms with Crippen molar-refractivity contribution in [2.75, 3.05) is 13.1 Å². The molecule has 2 N–H and O–H groups in total. The van der Waals surface area contributed by atoms with Gasteiger partial charge in [-0.25, -0.2) is 0 Å². The van der Waals surface area contributed by atoms with Gasteiger partial charge in [0.25, 0.3) is 0 Å². The van der Waals surface area contributed by atoms with Gasteiger partial charge in [-0.15, -0.1) is 0 Å². The first-order valence-electron chi connectivity index (χ1n) is 6.59. The summed E-state index contributed by atoms with van der Waals surface area (Å²) in [6.07, 6.45) is 3.97. The van der Waals surface area contributed by atoms with Crippen LogP contribution in [0.2, 0.25) is 0 Å². The van der Waals surface area contributed by atoms with E-state index in [0.29, 0.717) is 25.8 Å². The monoisotopic (exact) mass is 243 g/mol. The molecule has 4 nitrogen and oxygen atoms in total. The molecule has 1 fully saturated rings. The van der Waals surface area contributed by atoms with E-state index in [1.165, 1.54) is 0 Å². The molecule has 0 aromatic carbocycles. The Hall–Kier alpha value is -0.610. The maximum absolute atomic E-state index is 11.4. The number of carboxylic acid groups (broad SMARTS) is 1. The third-order valence-corrected chi connectivity index (χ3v) is 4.30. The highest BCUT2D eigenvalue weighted by atomic mass is 16.4. The second kappa shape index (κ2) is 5.36. The SMILES string of the molecule is CCC(O)(CC)CN1CCCCC1(C)C(=O)O. The Morgan fingerprint density at radius 3 is 2.41 bits per heavy atom. The van der Waals surface area contributed by atoms with Gasteiger partial charge in [-0.05, 0) is 45.6 Å². The number of carbonyl (C=O) groups is 1. The van der Waals surface area contributed by atoms with Crippen molar-refractivity contribution in [1.29, 1.82) is 0 Å². The summed E-state index contributed by atoms with van der Waals surface area (Å²) >= 11 is 0. The van der Waals surface area contributed by atoms with Gasteiger partial charge in [-0.3, -0.25) is 9.69 Å². The zero-order chi connectivity index (χ0) is 13.1. The largest absolute Gasteiger partial charge is 0.480 e. The number of carboxylic acids is 1. The zero-order valence-corrected chi connectivity index (χ0v) is 11.2. The Balaban J connectivity index is 2.82. The number of nitrogens with zero attached hydrogens (tertiary/aromatic N) is 1. The first kappa shape index (κ1) is 14.5. The summed E-state index contributed by atoms with van der Waals surface area (Å²) < 4.78 is 0. The minimum Gasteiger partial charge on any atom is -0.480 e. The van der Waals surface area contributed by atoms with Crippen molar-refractivity contribution in [1.82, 2.24) is 4.90 Å². The van der Waals surface area contributed by atoms with Gasteiger partial charge in [0, 0.05) is 6.54 Å². The van der Waals surface area contributed by atoms with Crippen molar-refractivity contribution in [3.63, 3.8) is 0 Å². The van der Waals surface area contributed by atoms with E-state index in [4.69, 9.17) is 0 Å². The van der Waals surface area contributed by atoms with Crippen LogP contribution in [0.1, 0.15) is 52.9 Å². The highest BCUT2D eigenvalue weighted by molar-refractivity contribution is 5.78. The van der Waals surface area contributed by atoms with Crippen LogP contribution >= 0.6 is 0 Å². The molecular weight excluding hydrogens is 218 g/mol. The highest BCUT2D eigenvalue weighted by Gasteiger charge is 2.43. The molecule has 0 amide bonds. The molecule has 0 radical (unpaired) electrons. The fraction of sp³-hybridized carbons (Fsp3) is 0.923. The molecular formula is C13H25NO3. The van der Waals surface area contributed by atoms with E-state index in [0.717, 1.165) is 19.4 Å². The smallest absolute Gasteiger partial charge is 0.323 e. The second-order valence-corrected chi connectivity index (χ2v) is 5.39. The Morgan fingerprint density at radius 1 is 1.35 bits per heavy atom. The summed E-state index contributed by atoms with van der Waals surface area (Å²) in [5.41, 5.74) is -1.56. The first-order valence-corrected chi connectivity index (χ1v) is 6.59. The van der Waals surface area contributed by atoms with Gasteiger partial charge in [0.15, 0.2) is 0 Å². The predicted molar refractivity (Wildman–Crippen MR) is 67.0 cm³/mol. The standard InChI is InChI=1S/C13H25NO3/c1-4-13(17,5-2)10-14-9-7-6-8-12(14,3)11(15)16/h17H,4-10H2,1-3H3,(H,15,16). The van der Waals surface area contributed by atoms with E-state index in [9.17, 15) is 15.0 Å². The van der Waals surface area contributed by atoms with Crippen molar-refractivity contribution in [2.24, 2.45) is 0 Å². The maximum Gasteiger partial charge on any atom is 0.323 e. The number of aliphatic carboxylic acids is 1. The number of hydrogen-bond donors (Lipinski definition) is 2. The Bertz CT molecular complexity index is 276. The molecule has 1 aliphatic heterocycles. The van der Waals surface area contributed by atoms with Crippen molar-refractivity contribution in [2.45, 2.75) is 64.0 Å². The summed E-state index contributed by atoms with van der Waals surface area (Å²) in [6, 6.07) is 0. The molecule has 0 saturated carbocycles. The quantitative estimate of drug-likeness (QED) is 0.774. The minimum atomic E-state index is -0.809. The number of rotatable bonds is 5. The molecule has 17 heavy (non-hydrogen) atoms.